The van der Waals surface area contributed by atoms with Crippen molar-refractivity contribution < 1.29 is 17.9 Å². The first-order valence-corrected chi connectivity index (χ1v) is 16.4. The van der Waals surface area contributed by atoms with E-state index in [2.05, 4.69) is 40.6 Å². The maximum Gasteiger partial charge on any atom is 0.268 e. The van der Waals surface area contributed by atoms with Crippen LogP contribution in [0.4, 0.5) is 5.82 Å². The molecule has 2 atom stereocenters. The third kappa shape index (κ3) is 5.52. The number of aromatic nitrogens is 5. The molecule has 4 fully saturated rings. The van der Waals surface area contributed by atoms with E-state index in [0.717, 1.165) is 18.3 Å². The molecule has 11 nitrogen and oxygen atoms in total. The van der Waals surface area contributed by atoms with Crippen LogP contribution in [0.1, 0.15) is 75.3 Å². The molecule has 1 saturated heterocycles. The standard InChI is InChI=1S/C30H41N7O4S/c1-19-15-30(3,4)36(16-19)28-24(29(38)34-42(39,40)25-17-35(5)32-20(25)2)10-11-26(31-28)37-13-12-27(33-37)41-18-23-14-21-6-8-22(23)9-7-21/h10-13,17,19,21-23H,6-9,14-16,18H2,1-5H3,(H,34,38)/t19-,21?,22?,23?/m0/s1. The highest BCUT2D eigenvalue weighted by atomic mass is 32.2. The highest BCUT2D eigenvalue weighted by molar-refractivity contribution is 7.90. The van der Waals surface area contributed by atoms with Crippen molar-refractivity contribution >= 4 is 21.7 Å². The zero-order valence-corrected chi connectivity index (χ0v) is 25.9. The number of aryl methyl sites for hydroxylation is 2. The zero-order valence-electron chi connectivity index (χ0n) is 25.1. The van der Waals surface area contributed by atoms with E-state index >= 15 is 0 Å². The number of carbonyl (C=O) groups is 1. The van der Waals surface area contributed by atoms with Crippen LogP contribution in [0.3, 0.4) is 0 Å². The summed E-state index contributed by atoms with van der Waals surface area (Å²) in [5.41, 5.74) is 0.215. The Morgan fingerprint density at radius 1 is 1.14 bits per heavy atom. The third-order valence-corrected chi connectivity index (χ3v) is 10.8. The Kier molecular flexibility index (Phi) is 7.31. The van der Waals surface area contributed by atoms with Crippen LogP contribution in [0, 0.1) is 30.6 Å². The Labute approximate surface area is 247 Å². The smallest absolute Gasteiger partial charge is 0.268 e. The number of nitrogens with one attached hydrogen (secondary N) is 1. The fourth-order valence-electron chi connectivity index (χ4n) is 7.41. The van der Waals surface area contributed by atoms with E-state index in [1.807, 2.05) is 12.3 Å². The number of pyridine rings is 1. The van der Waals surface area contributed by atoms with Gasteiger partial charge in [0, 0.05) is 37.6 Å². The molecule has 1 N–H and O–H groups in total. The first-order valence-electron chi connectivity index (χ1n) is 14.9. The molecule has 3 aliphatic carbocycles. The lowest BCUT2D eigenvalue weighted by molar-refractivity contribution is 0.0601. The SMILES string of the molecule is Cc1nn(C)cc1S(=O)(=O)NC(=O)c1ccc(-n2ccc(OCC3CC4CCC3CC4)n2)nc1N1C[C@@H](C)CC1(C)C. The van der Waals surface area contributed by atoms with Crippen LogP contribution in [-0.4, -0.2) is 57.6 Å². The molecule has 1 unspecified atom stereocenters. The van der Waals surface area contributed by atoms with E-state index in [-0.39, 0.29) is 16.0 Å². The van der Waals surface area contributed by atoms with E-state index in [1.54, 1.807) is 30.8 Å². The van der Waals surface area contributed by atoms with Crippen molar-refractivity contribution in [3.8, 4) is 11.7 Å². The van der Waals surface area contributed by atoms with Crippen LogP contribution < -0.4 is 14.4 Å². The van der Waals surface area contributed by atoms with Crippen LogP contribution in [-0.2, 0) is 17.1 Å². The van der Waals surface area contributed by atoms with Crippen molar-refractivity contribution in [1.29, 1.82) is 0 Å². The summed E-state index contributed by atoms with van der Waals surface area (Å²) in [7, 11) is -2.50. The van der Waals surface area contributed by atoms with Crippen LogP contribution in [0.15, 0.2) is 35.5 Å². The molecule has 2 bridgehead atoms. The number of hydrogen-bond donors (Lipinski definition) is 1. The average molecular weight is 596 g/mol. The molecule has 1 amide bonds. The summed E-state index contributed by atoms with van der Waals surface area (Å²) in [4.78, 5) is 20.5. The summed E-state index contributed by atoms with van der Waals surface area (Å²) < 4.78 is 37.7. The number of rotatable bonds is 8. The van der Waals surface area contributed by atoms with E-state index in [9.17, 15) is 13.2 Å². The van der Waals surface area contributed by atoms with Gasteiger partial charge in [-0.25, -0.2) is 22.8 Å². The maximum absolute atomic E-state index is 13.5. The number of hydrogen-bond acceptors (Lipinski definition) is 8. The van der Waals surface area contributed by atoms with Gasteiger partial charge >= 0.3 is 0 Å². The number of fused-ring (bicyclic) bond motifs is 3. The van der Waals surface area contributed by atoms with Gasteiger partial charge < -0.3 is 9.64 Å². The monoisotopic (exact) mass is 595 g/mol. The van der Waals surface area contributed by atoms with Crippen molar-refractivity contribution in [2.75, 3.05) is 18.1 Å². The number of carbonyl (C=O) groups excluding carboxylic acids is 1. The predicted octanol–water partition coefficient (Wildman–Crippen LogP) is 4.26. The minimum Gasteiger partial charge on any atom is -0.476 e. The second kappa shape index (κ2) is 10.7. The second-order valence-corrected chi connectivity index (χ2v) is 14.8. The lowest BCUT2D eigenvalue weighted by atomic mass is 9.65. The van der Waals surface area contributed by atoms with Gasteiger partial charge in [-0.1, -0.05) is 19.8 Å². The summed E-state index contributed by atoms with van der Waals surface area (Å²) in [6.45, 7) is 9.35. The van der Waals surface area contributed by atoms with Crippen molar-refractivity contribution in [3.05, 3.63) is 41.9 Å². The fraction of sp³-hybridized carbons (Fsp3) is 0.600. The summed E-state index contributed by atoms with van der Waals surface area (Å²) in [5.74, 6) is 3.34. The molecule has 4 aliphatic rings. The first kappa shape index (κ1) is 28.7. The molecule has 12 heteroatoms. The van der Waals surface area contributed by atoms with E-state index in [0.29, 0.717) is 48.2 Å². The molecule has 3 aromatic rings. The van der Waals surface area contributed by atoms with Gasteiger partial charge in [0.15, 0.2) is 5.82 Å². The van der Waals surface area contributed by atoms with Gasteiger partial charge in [0.25, 0.3) is 15.9 Å². The third-order valence-electron chi connectivity index (χ3n) is 9.36. The Morgan fingerprint density at radius 3 is 2.52 bits per heavy atom. The molecule has 3 saturated carbocycles. The Balaban J connectivity index is 1.27. The lowest BCUT2D eigenvalue weighted by Crippen LogP contribution is -2.41. The molecule has 0 spiro atoms. The van der Waals surface area contributed by atoms with Crippen molar-refractivity contribution in [3.63, 3.8) is 0 Å². The van der Waals surface area contributed by atoms with Crippen LogP contribution in [0.25, 0.3) is 5.82 Å². The minimum atomic E-state index is -4.14. The summed E-state index contributed by atoms with van der Waals surface area (Å²) in [5, 5.41) is 8.75. The lowest BCUT2D eigenvalue weighted by Gasteiger charge is -2.42. The number of ether oxygens (including phenoxy) is 1. The largest absolute Gasteiger partial charge is 0.476 e. The number of sulfonamides is 1. The van der Waals surface area contributed by atoms with Gasteiger partial charge in [0.2, 0.25) is 5.88 Å². The van der Waals surface area contributed by atoms with Crippen molar-refractivity contribution in [2.45, 2.75) is 76.7 Å². The first-order chi connectivity index (χ1) is 19.9. The van der Waals surface area contributed by atoms with E-state index < -0.39 is 15.9 Å². The van der Waals surface area contributed by atoms with Crippen LogP contribution in [0.2, 0.25) is 0 Å². The number of anilines is 1. The van der Waals surface area contributed by atoms with Gasteiger partial charge in [-0.3, -0.25) is 9.48 Å². The minimum absolute atomic E-state index is 0.0373. The van der Waals surface area contributed by atoms with Crippen molar-refractivity contribution in [2.24, 2.45) is 30.7 Å². The summed E-state index contributed by atoms with van der Waals surface area (Å²) in [6.07, 6.45) is 10.7. The summed E-state index contributed by atoms with van der Waals surface area (Å²) >= 11 is 0. The molecular weight excluding hydrogens is 554 g/mol. The molecule has 0 aromatic carbocycles. The molecular formula is C30H41N7O4S. The fourth-order valence-corrected chi connectivity index (χ4v) is 8.59. The van der Waals surface area contributed by atoms with Gasteiger partial charge in [-0.15, -0.1) is 5.10 Å². The predicted molar refractivity (Wildman–Crippen MR) is 158 cm³/mol. The Bertz CT molecular complexity index is 1590. The molecule has 0 radical (unpaired) electrons. The number of amides is 1. The average Bonchev–Trinajstić information content (AvgIpc) is 3.63. The van der Waals surface area contributed by atoms with Gasteiger partial charge in [-0.05, 0) is 82.3 Å². The molecule has 4 heterocycles. The quantitative estimate of drug-likeness (QED) is 0.410. The number of nitrogens with zero attached hydrogens (tertiary/aromatic N) is 6. The van der Waals surface area contributed by atoms with Crippen LogP contribution in [0.5, 0.6) is 5.88 Å². The second-order valence-electron chi connectivity index (χ2n) is 13.1. The maximum atomic E-state index is 13.5. The Hall–Kier alpha value is -3.41. The normalized spacial score (nSPS) is 25.1. The highest BCUT2D eigenvalue weighted by Crippen LogP contribution is 2.45. The zero-order chi connectivity index (χ0) is 29.8. The topological polar surface area (TPSA) is 124 Å². The van der Waals surface area contributed by atoms with Crippen molar-refractivity contribution in [1.82, 2.24) is 29.3 Å². The van der Waals surface area contributed by atoms with Crippen LogP contribution >= 0.6 is 0 Å². The Morgan fingerprint density at radius 2 is 1.90 bits per heavy atom. The van der Waals surface area contributed by atoms with E-state index in [4.69, 9.17) is 9.72 Å². The van der Waals surface area contributed by atoms with E-state index in [1.165, 1.54) is 43.0 Å². The molecule has 7 rings (SSSR count). The van der Waals surface area contributed by atoms with Gasteiger partial charge in [0.05, 0.1) is 17.9 Å². The molecule has 3 aromatic heterocycles. The van der Waals surface area contributed by atoms with Gasteiger partial charge in [-0.2, -0.15) is 5.10 Å². The molecule has 1 aliphatic heterocycles. The molecule has 226 valence electrons. The molecule has 42 heavy (non-hydrogen) atoms. The summed E-state index contributed by atoms with van der Waals surface area (Å²) in [6, 6.07) is 5.15. The highest BCUT2D eigenvalue weighted by Gasteiger charge is 2.40. The van der Waals surface area contributed by atoms with Gasteiger partial charge in [0.1, 0.15) is 10.7 Å².